The molecular weight excluding hydrogens is 176 g/mol. The van der Waals surface area contributed by atoms with Gasteiger partial charge in [0.05, 0.1) is 19.8 Å². The van der Waals surface area contributed by atoms with Crippen LogP contribution in [0.1, 0.15) is 12.5 Å². The Morgan fingerprint density at radius 1 is 1.36 bits per heavy atom. The van der Waals surface area contributed by atoms with E-state index >= 15 is 0 Å². The smallest absolute Gasteiger partial charge is 0.122 e. The first kappa shape index (κ1) is 9.53. The summed E-state index contributed by atoms with van der Waals surface area (Å²) in [6.07, 6.45) is 0. The maximum Gasteiger partial charge on any atom is 0.122 e. The van der Waals surface area contributed by atoms with E-state index in [0.717, 1.165) is 25.6 Å². The van der Waals surface area contributed by atoms with Crippen molar-refractivity contribution >= 4 is 0 Å². The molecule has 0 N–H and O–H groups in total. The van der Waals surface area contributed by atoms with Crippen LogP contribution in [0.2, 0.25) is 0 Å². The van der Waals surface area contributed by atoms with Gasteiger partial charge in [0.2, 0.25) is 0 Å². The zero-order valence-corrected chi connectivity index (χ0v) is 8.75. The largest absolute Gasteiger partial charge is 0.493 e. The van der Waals surface area contributed by atoms with Gasteiger partial charge < -0.3 is 9.47 Å². The number of rotatable bonds is 3. The van der Waals surface area contributed by atoms with Crippen molar-refractivity contribution in [1.29, 1.82) is 0 Å². The molecule has 1 saturated heterocycles. The summed E-state index contributed by atoms with van der Waals surface area (Å²) in [7, 11) is 0. The minimum atomic E-state index is 0.224. The summed E-state index contributed by atoms with van der Waals surface area (Å²) in [5, 5.41) is 0. The van der Waals surface area contributed by atoms with Crippen molar-refractivity contribution in [2.75, 3.05) is 19.8 Å². The van der Waals surface area contributed by atoms with Crippen molar-refractivity contribution in [1.82, 2.24) is 0 Å². The van der Waals surface area contributed by atoms with E-state index < -0.39 is 0 Å². The number of hydrogen-bond donors (Lipinski definition) is 0. The minimum absolute atomic E-state index is 0.224. The van der Waals surface area contributed by atoms with Gasteiger partial charge in [-0.1, -0.05) is 25.1 Å². The monoisotopic (exact) mass is 192 g/mol. The van der Waals surface area contributed by atoms with Crippen LogP contribution in [-0.2, 0) is 4.74 Å². The maximum atomic E-state index is 5.76. The fraction of sp³-hybridized carbons (Fsp3) is 0.500. The van der Waals surface area contributed by atoms with E-state index in [-0.39, 0.29) is 5.41 Å². The van der Waals surface area contributed by atoms with Gasteiger partial charge in [0.25, 0.3) is 0 Å². The molecule has 76 valence electrons. The molecule has 0 spiro atoms. The number of benzene rings is 1. The first-order valence-corrected chi connectivity index (χ1v) is 4.96. The third-order valence-electron chi connectivity index (χ3n) is 2.57. The van der Waals surface area contributed by atoms with Gasteiger partial charge in [0.15, 0.2) is 0 Å². The van der Waals surface area contributed by atoms with Crippen LogP contribution < -0.4 is 4.74 Å². The Kier molecular flexibility index (Phi) is 2.46. The highest BCUT2D eigenvalue weighted by Gasteiger charge is 2.34. The van der Waals surface area contributed by atoms with E-state index in [1.165, 1.54) is 5.56 Å². The third kappa shape index (κ3) is 1.90. The Morgan fingerprint density at radius 2 is 2.07 bits per heavy atom. The van der Waals surface area contributed by atoms with Crippen molar-refractivity contribution < 1.29 is 9.47 Å². The summed E-state index contributed by atoms with van der Waals surface area (Å²) in [6, 6.07) is 8.10. The molecule has 0 unspecified atom stereocenters. The molecule has 0 radical (unpaired) electrons. The first-order valence-electron chi connectivity index (χ1n) is 4.96. The van der Waals surface area contributed by atoms with Crippen molar-refractivity contribution in [3.05, 3.63) is 29.8 Å². The summed E-state index contributed by atoms with van der Waals surface area (Å²) >= 11 is 0. The molecule has 1 heterocycles. The Morgan fingerprint density at radius 3 is 2.64 bits per heavy atom. The fourth-order valence-corrected chi connectivity index (χ4v) is 1.50. The summed E-state index contributed by atoms with van der Waals surface area (Å²) in [5.41, 5.74) is 1.42. The van der Waals surface area contributed by atoms with Crippen LogP contribution in [0.5, 0.6) is 5.75 Å². The van der Waals surface area contributed by atoms with Crippen molar-refractivity contribution in [3.8, 4) is 5.75 Å². The Bertz CT molecular complexity index is 316. The lowest BCUT2D eigenvalue weighted by Gasteiger charge is -2.37. The predicted octanol–water partition coefficient (Wildman–Crippen LogP) is 2.41. The van der Waals surface area contributed by atoms with Gasteiger partial charge in [-0.25, -0.2) is 0 Å². The lowest BCUT2D eigenvalue weighted by Crippen LogP contribution is -2.44. The molecule has 1 aliphatic heterocycles. The van der Waals surface area contributed by atoms with Gasteiger partial charge in [0.1, 0.15) is 5.75 Å². The highest BCUT2D eigenvalue weighted by molar-refractivity contribution is 5.31. The lowest BCUT2D eigenvalue weighted by atomic mass is 9.90. The molecule has 1 fully saturated rings. The van der Waals surface area contributed by atoms with Crippen molar-refractivity contribution in [2.45, 2.75) is 13.8 Å². The Hall–Kier alpha value is -1.02. The van der Waals surface area contributed by atoms with Gasteiger partial charge >= 0.3 is 0 Å². The molecule has 2 heteroatoms. The molecular formula is C12H16O2. The zero-order valence-electron chi connectivity index (χ0n) is 8.75. The average Bonchev–Trinajstić information content (AvgIpc) is 2.14. The van der Waals surface area contributed by atoms with Crippen LogP contribution in [0.4, 0.5) is 0 Å². The van der Waals surface area contributed by atoms with Crippen LogP contribution in [-0.4, -0.2) is 19.8 Å². The molecule has 1 aromatic carbocycles. The molecule has 0 aromatic heterocycles. The molecule has 1 aromatic rings. The van der Waals surface area contributed by atoms with Crippen molar-refractivity contribution in [3.63, 3.8) is 0 Å². The molecule has 0 amide bonds. The number of para-hydroxylation sites is 1. The second-order valence-corrected chi connectivity index (χ2v) is 4.36. The Balaban J connectivity index is 1.95. The van der Waals surface area contributed by atoms with E-state index in [1.54, 1.807) is 0 Å². The van der Waals surface area contributed by atoms with Gasteiger partial charge in [0, 0.05) is 5.41 Å². The topological polar surface area (TPSA) is 18.5 Å². The second-order valence-electron chi connectivity index (χ2n) is 4.36. The van der Waals surface area contributed by atoms with Gasteiger partial charge in [-0.15, -0.1) is 0 Å². The van der Waals surface area contributed by atoms with Crippen LogP contribution in [0.15, 0.2) is 24.3 Å². The zero-order chi connectivity index (χ0) is 10.0. The molecule has 2 rings (SSSR count). The minimum Gasteiger partial charge on any atom is -0.493 e. The standard InChI is InChI=1S/C12H16O2/c1-10-5-3-4-6-11(10)14-9-12(2)7-13-8-12/h3-6H,7-9H2,1-2H3. The highest BCUT2D eigenvalue weighted by atomic mass is 16.5. The predicted molar refractivity (Wildman–Crippen MR) is 55.6 cm³/mol. The maximum absolute atomic E-state index is 5.76. The summed E-state index contributed by atoms with van der Waals surface area (Å²) in [4.78, 5) is 0. The first-order chi connectivity index (χ1) is 6.70. The molecule has 0 saturated carbocycles. The molecule has 0 bridgehead atoms. The quantitative estimate of drug-likeness (QED) is 0.732. The molecule has 0 aliphatic carbocycles. The number of ether oxygens (including phenoxy) is 2. The van der Waals surface area contributed by atoms with E-state index in [9.17, 15) is 0 Å². The number of aryl methyl sites for hydroxylation is 1. The highest BCUT2D eigenvalue weighted by Crippen LogP contribution is 2.28. The normalized spacial score (nSPS) is 18.7. The van der Waals surface area contributed by atoms with Gasteiger partial charge in [-0.3, -0.25) is 0 Å². The number of hydrogen-bond acceptors (Lipinski definition) is 2. The lowest BCUT2D eigenvalue weighted by molar-refractivity contribution is -0.120. The van der Waals surface area contributed by atoms with E-state index in [4.69, 9.17) is 9.47 Å². The van der Waals surface area contributed by atoms with Crippen molar-refractivity contribution in [2.24, 2.45) is 5.41 Å². The third-order valence-corrected chi connectivity index (χ3v) is 2.57. The molecule has 0 atom stereocenters. The Labute approximate surface area is 84.8 Å². The van der Waals surface area contributed by atoms with Crippen LogP contribution in [0, 0.1) is 12.3 Å². The van der Waals surface area contributed by atoms with E-state index in [1.807, 2.05) is 18.2 Å². The van der Waals surface area contributed by atoms with Crippen LogP contribution in [0.3, 0.4) is 0 Å². The van der Waals surface area contributed by atoms with Crippen LogP contribution >= 0.6 is 0 Å². The average molecular weight is 192 g/mol. The summed E-state index contributed by atoms with van der Waals surface area (Å²) in [5.74, 6) is 0.987. The second kappa shape index (κ2) is 3.62. The van der Waals surface area contributed by atoms with Gasteiger partial charge in [-0.2, -0.15) is 0 Å². The van der Waals surface area contributed by atoms with E-state index in [0.29, 0.717) is 0 Å². The fourth-order valence-electron chi connectivity index (χ4n) is 1.50. The van der Waals surface area contributed by atoms with Crippen LogP contribution in [0.25, 0.3) is 0 Å². The summed E-state index contributed by atoms with van der Waals surface area (Å²) < 4.78 is 10.9. The van der Waals surface area contributed by atoms with Gasteiger partial charge in [-0.05, 0) is 18.6 Å². The summed E-state index contributed by atoms with van der Waals surface area (Å²) in [6.45, 7) is 6.64. The van der Waals surface area contributed by atoms with E-state index in [2.05, 4.69) is 19.9 Å². The SMILES string of the molecule is Cc1ccccc1OCC1(C)COC1. The molecule has 1 aliphatic rings. The molecule has 14 heavy (non-hydrogen) atoms. The molecule has 2 nitrogen and oxygen atoms in total.